The number of nitrogens with one attached hydrogen (secondary N) is 1. The molecular weight excluding hydrogens is 216 g/mol. The van der Waals surface area contributed by atoms with Crippen LogP contribution in [-0.2, 0) is 9.53 Å². The fourth-order valence-electron chi connectivity index (χ4n) is 1.81. The lowest BCUT2D eigenvalue weighted by atomic mass is 10.4. The SMILES string of the molecule is CCCCOCCNCC(=O)N(CC)C1CC1. The molecule has 0 aromatic carbocycles. The molecule has 0 radical (unpaired) electrons. The number of unbranched alkanes of at least 4 members (excludes halogenated alkanes) is 1. The fourth-order valence-corrected chi connectivity index (χ4v) is 1.81. The highest BCUT2D eigenvalue weighted by Gasteiger charge is 2.30. The van der Waals surface area contributed by atoms with Crippen LogP contribution in [0, 0.1) is 0 Å². The first-order chi connectivity index (χ1) is 8.29. The quantitative estimate of drug-likeness (QED) is 0.589. The maximum Gasteiger partial charge on any atom is 0.236 e. The molecule has 0 saturated heterocycles. The van der Waals surface area contributed by atoms with Crippen molar-refractivity contribution in [3.05, 3.63) is 0 Å². The van der Waals surface area contributed by atoms with E-state index in [0.29, 0.717) is 19.2 Å². The lowest BCUT2D eigenvalue weighted by Crippen LogP contribution is -2.40. The van der Waals surface area contributed by atoms with E-state index in [1.54, 1.807) is 0 Å². The summed E-state index contributed by atoms with van der Waals surface area (Å²) in [6.07, 6.45) is 4.64. The molecule has 0 unspecified atom stereocenters. The maximum atomic E-state index is 11.8. The van der Waals surface area contributed by atoms with Gasteiger partial charge in [0.05, 0.1) is 13.2 Å². The van der Waals surface area contributed by atoms with Crippen molar-refractivity contribution in [1.29, 1.82) is 0 Å². The Labute approximate surface area is 105 Å². The summed E-state index contributed by atoms with van der Waals surface area (Å²) in [4.78, 5) is 13.8. The Morgan fingerprint density at radius 2 is 2.12 bits per heavy atom. The molecule has 1 fully saturated rings. The second kappa shape index (κ2) is 8.48. The Morgan fingerprint density at radius 1 is 1.35 bits per heavy atom. The van der Waals surface area contributed by atoms with Gasteiger partial charge in [-0.05, 0) is 26.2 Å². The van der Waals surface area contributed by atoms with Gasteiger partial charge < -0.3 is 15.0 Å². The molecule has 0 atom stereocenters. The molecule has 1 N–H and O–H groups in total. The predicted molar refractivity (Wildman–Crippen MR) is 69.0 cm³/mol. The fraction of sp³-hybridized carbons (Fsp3) is 0.923. The summed E-state index contributed by atoms with van der Waals surface area (Å²) >= 11 is 0. The Balaban J connectivity index is 1.96. The molecule has 0 heterocycles. The van der Waals surface area contributed by atoms with Crippen LogP contribution in [-0.4, -0.2) is 49.7 Å². The van der Waals surface area contributed by atoms with Crippen LogP contribution in [0.3, 0.4) is 0 Å². The molecule has 1 saturated carbocycles. The molecule has 1 amide bonds. The second-order valence-corrected chi connectivity index (χ2v) is 4.55. The molecule has 17 heavy (non-hydrogen) atoms. The smallest absolute Gasteiger partial charge is 0.236 e. The number of likely N-dealkylation sites (N-methyl/N-ethyl adjacent to an activating group) is 1. The average Bonchev–Trinajstić information content (AvgIpc) is 3.13. The highest BCUT2D eigenvalue weighted by molar-refractivity contribution is 5.78. The number of amides is 1. The van der Waals surface area contributed by atoms with Gasteiger partial charge in [0, 0.05) is 25.7 Å². The highest BCUT2D eigenvalue weighted by Crippen LogP contribution is 2.26. The number of ether oxygens (including phenoxy) is 1. The molecule has 0 aromatic heterocycles. The van der Waals surface area contributed by atoms with Crippen LogP contribution in [0.1, 0.15) is 39.5 Å². The van der Waals surface area contributed by atoms with Crippen molar-refractivity contribution in [2.75, 3.05) is 32.8 Å². The Bertz CT molecular complexity index is 217. The first-order valence-electron chi connectivity index (χ1n) is 6.87. The maximum absolute atomic E-state index is 11.8. The van der Waals surface area contributed by atoms with E-state index in [-0.39, 0.29) is 5.91 Å². The van der Waals surface area contributed by atoms with Gasteiger partial charge in [-0.25, -0.2) is 0 Å². The topological polar surface area (TPSA) is 41.6 Å². The summed E-state index contributed by atoms with van der Waals surface area (Å²) in [6, 6.07) is 0.523. The standard InChI is InChI=1S/C13H26N2O2/c1-3-5-9-17-10-8-14-11-13(16)15(4-2)12-6-7-12/h12,14H,3-11H2,1-2H3. The first kappa shape index (κ1) is 14.5. The highest BCUT2D eigenvalue weighted by atomic mass is 16.5. The third-order valence-electron chi connectivity index (χ3n) is 2.99. The van der Waals surface area contributed by atoms with Crippen molar-refractivity contribution in [3.63, 3.8) is 0 Å². The molecule has 1 aliphatic carbocycles. The lowest BCUT2D eigenvalue weighted by Gasteiger charge is -2.20. The number of carbonyl (C=O) groups is 1. The van der Waals surface area contributed by atoms with Gasteiger partial charge in [-0.1, -0.05) is 13.3 Å². The third kappa shape index (κ3) is 6.03. The van der Waals surface area contributed by atoms with E-state index >= 15 is 0 Å². The van der Waals surface area contributed by atoms with Crippen LogP contribution in [0.4, 0.5) is 0 Å². The minimum Gasteiger partial charge on any atom is -0.380 e. The zero-order chi connectivity index (χ0) is 12.5. The molecule has 0 aliphatic heterocycles. The van der Waals surface area contributed by atoms with E-state index in [1.165, 1.54) is 19.3 Å². The molecule has 4 nitrogen and oxygen atoms in total. The van der Waals surface area contributed by atoms with Gasteiger partial charge in [-0.15, -0.1) is 0 Å². The minimum absolute atomic E-state index is 0.226. The summed E-state index contributed by atoms with van der Waals surface area (Å²) in [7, 11) is 0. The van der Waals surface area contributed by atoms with Crippen molar-refractivity contribution in [1.82, 2.24) is 10.2 Å². The molecule has 100 valence electrons. The summed E-state index contributed by atoms with van der Waals surface area (Å²) in [5.41, 5.74) is 0. The van der Waals surface area contributed by atoms with Crippen LogP contribution >= 0.6 is 0 Å². The predicted octanol–water partition coefficient (Wildman–Crippen LogP) is 1.40. The Kier molecular flexibility index (Phi) is 7.21. The summed E-state index contributed by atoms with van der Waals surface area (Å²) in [5.74, 6) is 0.226. The van der Waals surface area contributed by atoms with Gasteiger partial charge in [0.15, 0.2) is 0 Å². The lowest BCUT2D eigenvalue weighted by molar-refractivity contribution is -0.130. The van der Waals surface area contributed by atoms with Gasteiger partial charge in [0.2, 0.25) is 5.91 Å². The van der Waals surface area contributed by atoms with Crippen LogP contribution in [0.25, 0.3) is 0 Å². The molecular formula is C13H26N2O2. The zero-order valence-electron chi connectivity index (χ0n) is 11.2. The van der Waals surface area contributed by atoms with E-state index in [9.17, 15) is 4.79 Å². The van der Waals surface area contributed by atoms with Gasteiger partial charge in [0.1, 0.15) is 0 Å². The molecule has 1 aliphatic rings. The number of nitrogens with zero attached hydrogens (tertiary/aromatic N) is 1. The van der Waals surface area contributed by atoms with E-state index in [2.05, 4.69) is 12.2 Å². The summed E-state index contributed by atoms with van der Waals surface area (Å²) in [5, 5.41) is 3.14. The second-order valence-electron chi connectivity index (χ2n) is 4.55. The molecule has 0 spiro atoms. The number of hydrogen-bond donors (Lipinski definition) is 1. The van der Waals surface area contributed by atoms with E-state index in [4.69, 9.17) is 4.74 Å². The normalized spacial score (nSPS) is 14.9. The largest absolute Gasteiger partial charge is 0.380 e. The Morgan fingerprint density at radius 3 is 2.71 bits per heavy atom. The van der Waals surface area contributed by atoms with E-state index in [1.807, 2.05) is 11.8 Å². The van der Waals surface area contributed by atoms with E-state index < -0.39 is 0 Å². The summed E-state index contributed by atoms with van der Waals surface area (Å²) < 4.78 is 5.42. The van der Waals surface area contributed by atoms with Crippen LogP contribution in [0.5, 0.6) is 0 Å². The molecule has 0 bridgehead atoms. The first-order valence-corrected chi connectivity index (χ1v) is 6.87. The van der Waals surface area contributed by atoms with E-state index in [0.717, 1.165) is 26.1 Å². The number of rotatable bonds is 10. The van der Waals surface area contributed by atoms with Gasteiger partial charge in [-0.2, -0.15) is 0 Å². The van der Waals surface area contributed by atoms with Gasteiger partial charge in [0.25, 0.3) is 0 Å². The minimum atomic E-state index is 0.226. The number of hydrogen-bond acceptors (Lipinski definition) is 3. The Hall–Kier alpha value is -0.610. The van der Waals surface area contributed by atoms with Crippen LogP contribution in [0.15, 0.2) is 0 Å². The number of carbonyl (C=O) groups excluding carboxylic acids is 1. The van der Waals surface area contributed by atoms with Crippen LogP contribution < -0.4 is 5.32 Å². The molecule has 4 heteroatoms. The molecule has 1 rings (SSSR count). The van der Waals surface area contributed by atoms with Crippen molar-refractivity contribution in [2.45, 2.75) is 45.6 Å². The zero-order valence-corrected chi connectivity index (χ0v) is 11.2. The third-order valence-corrected chi connectivity index (χ3v) is 2.99. The van der Waals surface area contributed by atoms with Crippen molar-refractivity contribution in [3.8, 4) is 0 Å². The van der Waals surface area contributed by atoms with Gasteiger partial charge in [-0.3, -0.25) is 4.79 Å². The van der Waals surface area contributed by atoms with Crippen molar-refractivity contribution >= 4 is 5.91 Å². The monoisotopic (exact) mass is 242 g/mol. The van der Waals surface area contributed by atoms with Crippen LogP contribution in [0.2, 0.25) is 0 Å². The molecule has 0 aromatic rings. The van der Waals surface area contributed by atoms with Gasteiger partial charge >= 0.3 is 0 Å². The summed E-state index contributed by atoms with van der Waals surface area (Å²) in [6.45, 7) is 7.76. The van der Waals surface area contributed by atoms with Crippen molar-refractivity contribution in [2.24, 2.45) is 0 Å². The average molecular weight is 242 g/mol. The van der Waals surface area contributed by atoms with Crippen molar-refractivity contribution < 1.29 is 9.53 Å².